The lowest BCUT2D eigenvalue weighted by Crippen LogP contribution is -2.03. The number of para-hydroxylation sites is 2. The summed E-state index contributed by atoms with van der Waals surface area (Å²) in [6.45, 7) is 0.406. The maximum atomic E-state index is 12.9. The van der Waals surface area contributed by atoms with E-state index in [2.05, 4.69) is 46.7 Å². The number of fused-ring (bicyclic) bond motifs is 1. The van der Waals surface area contributed by atoms with Crippen LogP contribution in [0, 0.1) is 0 Å². The molecule has 1 N–H and O–H groups in total. The molecule has 0 aliphatic carbocycles. The van der Waals surface area contributed by atoms with Gasteiger partial charge in [-0.25, -0.2) is 9.78 Å². The Hall–Kier alpha value is -4.88. The van der Waals surface area contributed by atoms with E-state index in [4.69, 9.17) is 13.9 Å². The summed E-state index contributed by atoms with van der Waals surface area (Å²) >= 11 is 1.40. The number of hydrogen-bond donors (Lipinski definition) is 1. The number of anilines is 2. The molecule has 6 aromatic rings. The van der Waals surface area contributed by atoms with E-state index in [-0.39, 0.29) is 0 Å². The molecule has 0 unspecified atom stereocenters. The van der Waals surface area contributed by atoms with Crippen molar-refractivity contribution in [3.05, 3.63) is 124 Å². The topological polar surface area (TPSA) is 73.6 Å². The van der Waals surface area contributed by atoms with Crippen LogP contribution in [-0.2, 0) is 6.61 Å². The first-order valence-corrected chi connectivity index (χ1v) is 13.3. The van der Waals surface area contributed by atoms with Gasteiger partial charge in [0.15, 0.2) is 5.13 Å². The Kier molecular flexibility index (Phi) is 6.80. The van der Waals surface area contributed by atoms with Gasteiger partial charge in [0.05, 0.1) is 24.1 Å². The first kappa shape index (κ1) is 24.5. The van der Waals surface area contributed by atoms with Crippen LogP contribution < -0.4 is 20.4 Å². The molecule has 0 bridgehead atoms. The number of aromatic nitrogens is 1. The number of rotatable bonds is 8. The Morgan fingerprint density at radius 1 is 0.872 bits per heavy atom. The molecular weight excluding hydrogens is 508 g/mol. The van der Waals surface area contributed by atoms with Gasteiger partial charge < -0.3 is 19.2 Å². The predicted octanol–water partition coefficient (Wildman–Crippen LogP) is 7.91. The molecule has 6 nitrogen and oxygen atoms in total. The lowest BCUT2D eigenvalue weighted by Gasteiger charge is -2.09. The van der Waals surface area contributed by atoms with E-state index in [1.807, 2.05) is 60.0 Å². The molecular formula is C32H24N2O4S. The molecule has 0 aliphatic heterocycles. The summed E-state index contributed by atoms with van der Waals surface area (Å²) in [6.07, 6.45) is 0. The molecule has 0 fully saturated rings. The molecule has 192 valence electrons. The minimum atomic E-state index is -0.453. The van der Waals surface area contributed by atoms with Gasteiger partial charge in [-0.1, -0.05) is 66.7 Å². The zero-order valence-corrected chi connectivity index (χ0v) is 21.9. The highest BCUT2D eigenvalue weighted by Gasteiger charge is 2.13. The van der Waals surface area contributed by atoms with Gasteiger partial charge in [0.25, 0.3) is 0 Å². The molecule has 4 aromatic carbocycles. The van der Waals surface area contributed by atoms with E-state index in [1.165, 1.54) is 16.9 Å². The minimum Gasteiger partial charge on any atom is -0.495 e. The number of nitrogens with one attached hydrogen (secondary N) is 1. The Labute approximate surface area is 229 Å². The summed E-state index contributed by atoms with van der Waals surface area (Å²) in [4.78, 5) is 17.4. The van der Waals surface area contributed by atoms with Crippen LogP contribution in [0.25, 0.3) is 33.4 Å². The maximum Gasteiger partial charge on any atom is 0.345 e. The van der Waals surface area contributed by atoms with Crippen LogP contribution in [0.1, 0.15) is 5.56 Å². The van der Waals surface area contributed by atoms with Crippen molar-refractivity contribution in [3.63, 3.8) is 0 Å². The third-order valence-corrected chi connectivity index (χ3v) is 7.06. The number of nitrogens with zero attached hydrogens (tertiary/aromatic N) is 1. The molecule has 0 amide bonds. The molecule has 0 saturated carbocycles. The highest BCUT2D eigenvalue weighted by atomic mass is 32.1. The highest BCUT2D eigenvalue weighted by Crippen LogP contribution is 2.31. The first-order valence-electron chi connectivity index (χ1n) is 12.4. The third kappa shape index (κ3) is 5.39. The fraction of sp³-hybridized carbons (Fsp3) is 0.0625. The van der Waals surface area contributed by atoms with Crippen molar-refractivity contribution in [2.75, 3.05) is 12.4 Å². The maximum absolute atomic E-state index is 12.9. The van der Waals surface area contributed by atoms with Gasteiger partial charge in [0.2, 0.25) is 0 Å². The Bertz CT molecular complexity index is 1790. The van der Waals surface area contributed by atoms with Crippen LogP contribution in [0.2, 0.25) is 0 Å². The van der Waals surface area contributed by atoms with Crippen LogP contribution in [-0.4, -0.2) is 12.1 Å². The van der Waals surface area contributed by atoms with E-state index in [0.29, 0.717) is 40.1 Å². The Morgan fingerprint density at radius 3 is 2.46 bits per heavy atom. The lowest BCUT2D eigenvalue weighted by molar-refractivity contribution is 0.306. The second kappa shape index (κ2) is 10.8. The average molecular weight is 533 g/mol. The Balaban J connectivity index is 1.17. The summed E-state index contributed by atoms with van der Waals surface area (Å²) in [6, 6.07) is 33.4. The van der Waals surface area contributed by atoms with Crippen molar-refractivity contribution >= 4 is 33.1 Å². The molecule has 0 spiro atoms. The lowest BCUT2D eigenvalue weighted by atomic mass is 10.0. The van der Waals surface area contributed by atoms with Crippen LogP contribution in [0.15, 0.2) is 118 Å². The monoisotopic (exact) mass is 532 g/mol. The van der Waals surface area contributed by atoms with Gasteiger partial charge in [-0.2, -0.15) is 0 Å². The second-order valence-electron chi connectivity index (χ2n) is 8.86. The van der Waals surface area contributed by atoms with Crippen LogP contribution >= 0.6 is 11.3 Å². The van der Waals surface area contributed by atoms with Gasteiger partial charge in [-0.05, 0) is 47.0 Å². The number of thiazole rings is 1. The van der Waals surface area contributed by atoms with Gasteiger partial charge in [-0.15, -0.1) is 11.3 Å². The van der Waals surface area contributed by atoms with Crippen LogP contribution in [0.4, 0.5) is 10.8 Å². The van der Waals surface area contributed by atoms with E-state index in [0.717, 1.165) is 22.2 Å². The predicted molar refractivity (Wildman–Crippen MR) is 156 cm³/mol. The van der Waals surface area contributed by atoms with E-state index >= 15 is 0 Å². The Morgan fingerprint density at radius 2 is 1.64 bits per heavy atom. The first-order chi connectivity index (χ1) is 19.2. The molecule has 2 aromatic heterocycles. The van der Waals surface area contributed by atoms with Crippen molar-refractivity contribution in [1.82, 2.24) is 4.98 Å². The zero-order valence-electron chi connectivity index (χ0n) is 21.1. The summed E-state index contributed by atoms with van der Waals surface area (Å²) < 4.78 is 17.0. The minimum absolute atomic E-state index is 0.402. The SMILES string of the molecule is COc1ccccc1Nc1nc(-c2cc3ccc(OCc4ccc(-c5ccccc5)cc4)cc3oc2=O)cs1. The fourth-order valence-electron chi connectivity index (χ4n) is 4.27. The molecule has 6 rings (SSSR count). The van der Waals surface area contributed by atoms with Gasteiger partial charge in [0, 0.05) is 16.8 Å². The van der Waals surface area contributed by atoms with E-state index in [1.54, 1.807) is 19.2 Å². The van der Waals surface area contributed by atoms with Gasteiger partial charge in [0.1, 0.15) is 23.7 Å². The van der Waals surface area contributed by atoms with Crippen molar-refractivity contribution in [3.8, 4) is 33.9 Å². The molecule has 0 radical (unpaired) electrons. The van der Waals surface area contributed by atoms with Crippen molar-refractivity contribution in [2.45, 2.75) is 6.61 Å². The summed E-state index contributed by atoms with van der Waals surface area (Å²) in [5, 5.41) is 6.52. The number of hydrogen-bond acceptors (Lipinski definition) is 7. The number of methoxy groups -OCH3 is 1. The average Bonchev–Trinajstić information content (AvgIpc) is 3.45. The summed E-state index contributed by atoms with van der Waals surface area (Å²) in [7, 11) is 1.62. The third-order valence-electron chi connectivity index (χ3n) is 6.30. The largest absolute Gasteiger partial charge is 0.495 e. The summed E-state index contributed by atoms with van der Waals surface area (Å²) in [5.74, 6) is 1.34. The molecule has 0 atom stereocenters. The standard InChI is InChI=1S/C32H24N2O4S/c1-36-29-10-6-5-9-27(29)33-32-34-28(20-39-32)26-17-24-15-16-25(18-30(24)38-31(26)35)37-19-21-11-13-23(14-12-21)22-7-3-2-4-8-22/h2-18,20H,19H2,1H3,(H,33,34). The van der Waals surface area contributed by atoms with Gasteiger partial charge >= 0.3 is 5.63 Å². The molecule has 7 heteroatoms. The fourth-order valence-corrected chi connectivity index (χ4v) is 4.99. The number of ether oxygens (including phenoxy) is 2. The summed E-state index contributed by atoms with van der Waals surface area (Å²) in [5.41, 5.74) is 5.14. The smallest absolute Gasteiger partial charge is 0.345 e. The molecule has 0 aliphatic rings. The molecule has 0 saturated heterocycles. The highest BCUT2D eigenvalue weighted by molar-refractivity contribution is 7.14. The van der Waals surface area contributed by atoms with E-state index < -0.39 is 5.63 Å². The normalized spacial score (nSPS) is 10.9. The quantitative estimate of drug-likeness (QED) is 0.201. The van der Waals surface area contributed by atoms with Gasteiger partial charge in [-0.3, -0.25) is 0 Å². The van der Waals surface area contributed by atoms with Crippen molar-refractivity contribution in [2.24, 2.45) is 0 Å². The van der Waals surface area contributed by atoms with Crippen molar-refractivity contribution in [1.29, 1.82) is 0 Å². The molecule has 2 heterocycles. The second-order valence-corrected chi connectivity index (χ2v) is 9.72. The number of benzene rings is 4. The zero-order chi connectivity index (χ0) is 26.6. The molecule has 39 heavy (non-hydrogen) atoms. The van der Waals surface area contributed by atoms with Crippen LogP contribution in [0.5, 0.6) is 11.5 Å². The van der Waals surface area contributed by atoms with Crippen LogP contribution in [0.3, 0.4) is 0 Å². The van der Waals surface area contributed by atoms with Crippen molar-refractivity contribution < 1.29 is 13.9 Å². The van der Waals surface area contributed by atoms with E-state index in [9.17, 15) is 4.79 Å².